The summed E-state index contributed by atoms with van der Waals surface area (Å²) in [5.41, 5.74) is 2.01. The molecular weight excluding hydrogens is 466 g/mol. The summed E-state index contributed by atoms with van der Waals surface area (Å²) >= 11 is 9.00. The number of hydrogen-bond donors (Lipinski definition) is 1. The molecule has 1 amide bonds. The number of thioether (sulfide) groups is 1. The number of rotatable bonds is 8. The van der Waals surface area contributed by atoms with Crippen LogP contribution in [0.4, 0.5) is 5.13 Å². The molecule has 0 radical (unpaired) electrons. The minimum atomic E-state index is -0.350. The van der Waals surface area contributed by atoms with Crippen LogP contribution in [0.5, 0.6) is 5.75 Å². The lowest BCUT2D eigenvalue weighted by Gasteiger charge is -2.16. The third-order valence-corrected chi connectivity index (χ3v) is 6.98. The number of benzene rings is 2. The molecule has 0 saturated heterocycles. The van der Waals surface area contributed by atoms with Crippen molar-refractivity contribution in [3.05, 3.63) is 58.9 Å². The number of halogens is 1. The molecule has 32 heavy (non-hydrogen) atoms. The molecule has 0 saturated carbocycles. The standard InChI is InChI=1S/C22H22ClN5O2S2/c1-4-28-20(14(3)30-16-10-6-5-9-15(16)23)26-27-22(28)31-12-18(29)24-21-25-19-13(2)8-7-11-17(19)32-21/h5-11,14H,4,12H2,1-3H3,(H,24,25,29). The summed E-state index contributed by atoms with van der Waals surface area (Å²) in [5.74, 6) is 1.33. The molecule has 7 nitrogen and oxygen atoms in total. The maximum absolute atomic E-state index is 12.5. The number of thiazole rings is 1. The van der Waals surface area contributed by atoms with E-state index in [0.717, 1.165) is 15.8 Å². The van der Waals surface area contributed by atoms with Gasteiger partial charge in [-0.25, -0.2) is 4.98 Å². The largest absolute Gasteiger partial charge is 0.481 e. The van der Waals surface area contributed by atoms with Crippen LogP contribution in [-0.2, 0) is 11.3 Å². The summed E-state index contributed by atoms with van der Waals surface area (Å²) < 4.78 is 8.98. The molecule has 1 atom stereocenters. The molecule has 0 aliphatic carbocycles. The number of ether oxygens (including phenoxy) is 1. The van der Waals surface area contributed by atoms with E-state index in [0.29, 0.717) is 33.4 Å². The fraction of sp³-hybridized carbons (Fsp3) is 0.273. The Morgan fingerprint density at radius 1 is 1.25 bits per heavy atom. The van der Waals surface area contributed by atoms with Crippen LogP contribution >= 0.6 is 34.7 Å². The minimum absolute atomic E-state index is 0.140. The van der Waals surface area contributed by atoms with Crippen molar-refractivity contribution in [2.75, 3.05) is 11.1 Å². The van der Waals surface area contributed by atoms with Crippen molar-refractivity contribution in [2.45, 2.75) is 38.6 Å². The fourth-order valence-electron chi connectivity index (χ4n) is 3.21. The summed E-state index contributed by atoms with van der Waals surface area (Å²) in [7, 11) is 0. The molecule has 0 aliphatic heterocycles. The number of hydrogen-bond acceptors (Lipinski definition) is 7. The van der Waals surface area contributed by atoms with Gasteiger partial charge in [0.1, 0.15) is 5.75 Å². The molecule has 1 unspecified atom stereocenters. The van der Waals surface area contributed by atoms with Gasteiger partial charge in [0.2, 0.25) is 5.91 Å². The van der Waals surface area contributed by atoms with E-state index in [4.69, 9.17) is 16.3 Å². The van der Waals surface area contributed by atoms with Gasteiger partial charge in [-0.3, -0.25) is 4.79 Å². The van der Waals surface area contributed by atoms with E-state index >= 15 is 0 Å². The predicted molar refractivity (Wildman–Crippen MR) is 130 cm³/mol. The summed E-state index contributed by atoms with van der Waals surface area (Å²) in [4.78, 5) is 17.0. The average molecular weight is 488 g/mol. The quantitative estimate of drug-likeness (QED) is 0.319. The molecule has 2 aromatic carbocycles. The molecule has 2 aromatic heterocycles. The number of nitrogens with zero attached hydrogens (tertiary/aromatic N) is 4. The lowest BCUT2D eigenvalue weighted by molar-refractivity contribution is -0.113. The van der Waals surface area contributed by atoms with Crippen LogP contribution in [0.3, 0.4) is 0 Å². The fourth-order valence-corrected chi connectivity index (χ4v) is 5.16. The highest BCUT2D eigenvalue weighted by Gasteiger charge is 2.20. The van der Waals surface area contributed by atoms with Crippen molar-refractivity contribution >= 4 is 56.0 Å². The number of nitrogens with one attached hydrogen (secondary N) is 1. The molecule has 10 heteroatoms. The molecule has 0 aliphatic rings. The van der Waals surface area contributed by atoms with Crippen LogP contribution in [0.1, 0.15) is 31.3 Å². The van der Waals surface area contributed by atoms with E-state index < -0.39 is 0 Å². The molecule has 0 spiro atoms. The van der Waals surface area contributed by atoms with Gasteiger partial charge in [0.15, 0.2) is 22.2 Å². The lowest BCUT2D eigenvalue weighted by Crippen LogP contribution is -2.15. The van der Waals surface area contributed by atoms with Gasteiger partial charge in [0.05, 0.1) is 21.0 Å². The minimum Gasteiger partial charge on any atom is -0.481 e. The van der Waals surface area contributed by atoms with Crippen LogP contribution in [0.25, 0.3) is 10.2 Å². The number of aryl methyl sites for hydroxylation is 1. The van der Waals surface area contributed by atoms with Crippen molar-refractivity contribution in [1.29, 1.82) is 0 Å². The number of fused-ring (bicyclic) bond motifs is 1. The first-order valence-electron chi connectivity index (χ1n) is 10.1. The predicted octanol–water partition coefficient (Wildman–Crippen LogP) is 5.74. The maximum atomic E-state index is 12.5. The first-order chi connectivity index (χ1) is 15.5. The summed E-state index contributed by atoms with van der Waals surface area (Å²) in [5, 5.41) is 13.2. The van der Waals surface area contributed by atoms with Crippen molar-refractivity contribution in [3.8, 4) is 5.75 Å². The van der Waals surface area contributed by atoms with Gasteiger partial charge in [0.25, 0.3) is 0 Å². The number of para-hydroxylation sites is 2. The average Bonchev–Trinajstić information content (AvgIpc) is 3.38. The van der Waals surface area contributed by atoms with E-state index in [1.165, 1.54) is 23.1 Å². The number of anilines is 1. The summed E-state index contributed by atoms with van der Waals surface area (Å²) in [6, 6.07) is 13.3. The number of aromatic nitrogens is 4. The van der Waals surface area contributed by atoms with Gasteiger partial charge in [-0.1, -0.05) is 59.0 Å². The Hall–Kier alpha value is -2.62. The Morgan fingerprint density at radius 3 is 2.81 bits per heavy atom. The number of amides is 1. The van der Waals surface area contributed by atoms with Crippen LogP contribution in [0.2, 0.25) is 5.02 Å². The monoisotopic (exact) mass is 487 g/mol. The zero-order valence-electron chi connectivity index (χ0n) is 17.8. The van der Waals surface area contributed by atoms with E-state index in [1.807, 2.05) is 61.7 Å². The van der Waals surface area contributed by atoms with Crippen LogP contribution in [-0.4, -0.2) is 31.4 Å². The van der Waals surface area contributed by atoms with E-state index in [1.54, 1.807) is 6.07 Å². The van der Waals surface area contributed by atoms with Crippen molar-refractivity contribution in [3.63, 3.8) is 0 Å². The molecule has 0 bridgehead atoms. The van der Waals surface area contributed by atoms with Crippen molar-refractivity contribution in [2.24, 2.45) is 0 Å². The van der Waals surface area contributed by atoms with E-state index in [-0.39, 0.29) is 17.8 Å². The van der Waals surface area contributed by atoms with Gasteiger partial charge in [-0.15, -0.1) is 10.2 Å². The second-order valence-corrected chi connectivity index (χ2v) is 9.43. The highest BCUT2D eigenvalue weighted by Crippen LogP contribution is 2.30. The number of carbonyl (C=O) groups is 1. The second-order valence-electron chi connectivity index (χ2n) is 7.05. The third-order valence-electron chi connectivity index (χ3n) is 4.77. The summed E-state index contributed by atoms with van der Waals surface area (Å²) in [6.45, 7) is 6.56. The van der Waals surface area contributed by atoms with Crippen LogP contribution < -0.4 is 10.1 Å². The molecular formula is C22H22ClN5O2S2. The van der Waals surface area contributed by atoms with E-state index in [2.05, 4.69) is 20.5 Å². The van der Waals surface area contributed by atoms with Gasteiger partial charge in [-0.05, 0) is 44.5 Å². The Bertz CT molecular complexity index is 1260. The Kier molecular flexibility index (Phi) is 6.98. The highest BCUT2D eigenvalue weighted by molar-refractivity contribution is 7.99. The molecule has 1 N–H and O–H groups in total. The third kappa shape index (κ3) is 4.90. The zero-order chi connectivity index (χ0) is 22.7. The first kappa shape index (κ1) is 22.6. The maximum Gasteiger partial charge on any atom is 0.236 e. The second kappa shape index (κ2) is 9.89. The summed E-state index contributed by atoms with van der Waals surface area (Å²) in [6.07, 6.45) is -0.350. The Morgan fingerprint density at radius 2 is 2.06 bits per heavy atom. The molecule has 4 aromatic rings. The van der Waals surface area contributed by atoms with Crippen molar-refractivity contribution < 1.29 is 9.53 Å². The van der Waals surface area contributed by atoms with Crippen LogP contribution in [0, 0.1) is 6.92 Å². The lowest BCUT2D eigenvalue weighted by atomic mass is 10.2. The van der Waals surface area contributed by atoms with Gasteiger partial charge >= 0.3 is 0 Å². The van der Waals surface area contributed by atoms with E-state index in [9.17, 15) is 4.79 Å². The van der Waals surface area contributed by atoms with Gasteiger partial charge < -0.3 is 14.6 Å². The topological polar surface area (TPSA) is 81.9 Å². The Balaban J connectivity index is 1.40. The molecule has 166 valence electrons. The molecule has 2 heterocycles. The van der Waals surface area contributed by atoms with Crippen molar-refractivity contribution in [1.82, 2.24) is 19.7 Å². The number of carbonyl (C=O) groups excluding carboxylic acids is 1. The first-order valence-corrected chi connectivity index (χ1v) is 12.3. The van der Waals surface area contributed by atoms with Crippen LogP contribution in [0.15, 0.2) is 47.6 Å². The zero-order valence-corrected chi connectivity index (χ0v) is 20.2. The normalized spacial score (nSPS) is 12.1. The molecule has 0 fully saturated rings. The smallest absolute Gasteiger partial charge is 0.236 e. The SMILES string of the molecule is CCn1c(SCC(=O)Nc2nc3c(C)cccc3s2)nnc1C(C)Oc1ccccc1Cl. The van der Waals surface area contributed by atoms with Gasteiger partial charge in [0, 0.05) is 6.54 Å². The Labute approximate surface area is 199 Å². The highest BCUT2D eigenvalue weighted by atomic mass is 35.5. The van der Waals surface area contributed by atoms with Gasteiger partial charge in [-0.2, -0.15) is 0 Å². The molecule has 4 rings (SSSR count).